The molecule has 1 saturated heterocycles. The number of hydrogen-bond acceptors (Lipinski definition) is 6. The first-order valence-corrected chi connectivity index (χ1v) is 11.1. The number of ether oxygens (including phenoxy) is 3. The van der Waals surface area contributed by atoms with Crippen molar-refractivity contribution in [2.24, 2.45) is 0 Å². The van der Waals surface area contributed by atoms with Crippen molar-refractivity contribution < 1.29 is 23.0 Å². The van der Waals surface area contributed by atoms with E-state index in [2.05, 4.69) is 42.5 Å². The molecule has 0 spiro atoms. The molecule has 1 fully saturated rings. The highest BCUT2D eigenvalue weighted by Gasteiger charge is 2.43. The molecule has 1 aromatic carbocycles. The number of aromatic amines is 1. The zero-order valence-electron chi connectivity index (χ0n) is 16.9. The summed E-state index contributed by atoms with van der Waals surface area (Å²) >= 11 is 1.76. The van der Waals surface area contributed by atoms with Crippen LogP contribution in [0.1, 0.15) is 4.88 Å². The van der Waals surface area contributed by atoms with Crippen LogP contribution < -0.4 is 9.47 Å². The fourth-order valence-corrected chi connectivity index (χ4v) is 5.12. The van der Waals surface area contributed by atoms with E-state index in [9.17, 15) is 8.78 Å². The van der Waals surface area contributed by atoms with Gasteiger partial charge in [-0.15, -0.1) is 20.1 Å². The SMILES string of the molecule is FC1(F)Oc2ccc(-c3c[nH]c4ncc(-c5ccc(CN6CCOCC6)s5)cc34)cc2O1. The second-order valence-corrected chi connectivity index (χ2v) is 8.97. The van der Waals surface area contributed by atoms with Crippen LogP contribution in [0.3, 0.4) is 0 Å². The summed E-state index contributed by atoms with van der Waals surface area (Å²) in [5.74, 6) is 0.0563. The monoisotopic (exact) mass is 455 g/mol. The van der Waals surface area contributed by atoms with Crippen LogP contribution in [-0.4, -0.2) is 47.5 Å². The molecule has 32 heavy (non-hydrogen) atoms. The Labute approximate surface area is 186 Å². The summed E-state index contributed by atoms with van der Waals surface area (Å²) in [6, 6.07) is 11.2. The quantitative estimate of drug-likeness (QED) is 0.463. The van der Waals surface area contributed by atoms with Gasteiger partial charge in [-0.25, -0.2) is 4.98 Å². The average molecular weight is 455 g/mol. The zero-order valence-corrected chi connectivity index (χ0v) is 17.8. The molecule has 2 aliphatic heterocycles. The minimum atomic E-state index is -3.63. The molecule has 0 unspecified atom stereocenters. The summed E-state index contributed by atoms with van der Waals surface area (Å²) in [6.07, 6.45) is 0.0521. The number of morpholine rings is 1. The van der Waals surface area contributed by atoms with Gasteiger partial charge in [-0.1, -0.05) is 6.07 Å². The highest BCUT2D eigenvalue weighted by atomic mass is 32.1. The summed E-state index contributed by atoms with van der Waals surface area (Å²) < 4.78 is 41.3. The number of halogens is 2. The van der Waals surface area contributed by atoms with E-state index in [1.165, 1.54) is 10.9 Å². The molecule has 4 aromatic rings. The van der Waals surface area contributed by atoms with E-state index in [0.29, 0.717) is 0 Å². The van der Waals surface area contributed by atoms with Crippen molar-refractivity contribution in [2.75, 3.05) is 26.3 Å². The molecule has 0 aliphatic carbocycles. The Morgan fingerprint density at radius 1 is 1.03 bits per heavy atom. The molecule has 6 rings (SSSR count). The molecule has 9 heteroatoms. The Hall–Kier alpha value is -3.01. The molecule has 3 aromatic heterocycles. The fourth-order valence-electron chi connectivity index (χ4n) is 4.09. The van der Waals surface area contributed by atoms with E-state index >= 15 is 0 Å². The predicted octanol–water partition coefficient (Wildman–Crippen LogP) is 5.11. The molecule has 2 aliphatic rings. The lowest BCUT2D eigenvalue weighted by Gasteiger charge is -2.25. The second kappa shape index (κ2) is 7.54. The van der Waals surface area contributed by atoms with E-state index in [1.807, 2.05) is 12.4 Å². The highest BCUT2D eigenvalue weighted by Crippen LogP contribution is 2.44. The number of fused-ring (bicyclic) bond motifs is 2. The van der Waals surface area contributed by atoms with Gasteiger partial charge in [0, 0.05) is 58.3 Å². The van der Waals surface area contributed by atoms with E-state index in [1.54, 1.807) is 23.5 Å². The molecule has 0 amide bonds. The maximum Gasteiger partial charge on any atom is 0.586 e. The van der Waals surface area contributed by atoms with Crippen LogP contribution in [0.25, 0.3) is 32.6 Å². The van der Waals surface area contributed by atoms with Gasteiger partial charge in [0.05, 0.1) is 13.2 Å². The normalized spacial score (nSPS) is 17.8. The van der Waals surface area contributed by atoms with Crippen LogP contribution >= 0.6 is 11.3 Å². The number of H-pyrrole nitrogens is 1. The smallest absolute Gasteiger partial charge is 0.395 e. The lowest BCUT2D eigenvalue weighted by Crippen LogP contribution is -2.35. The first kappa shape index (κ1) is 19.7. The van der Waals surface area contributed by atoms with Gasteiger partial charge in [-0.3, -0.25) is 4.90 Å². The molecule has 0 radical (unpaired) electrons. The van der Waals surface area contributed by atoms with Crippen LogP contribution in [0.5, 0.6) is 11.5 Å². The number of nitrogens with zero attached hydrogens (tertiary/aromatic N) is 2. The Morgan fingerprint density at radius 2 is 1.88 bits per heavy atom. The number of nitrogens with one attached hydrogen (secondary N) is 1. The minimum absolute atomic E-state index is 0.0250. The molecule has 1 N–H and O–H groups in total. The third-order valence-electron chi connectivity index (χ3n) is 5.67. The first-order chi connectivity index (χ1) is 15.5. The molecule has 6 nitrogen and oxygen atoms in total. The Morgan fingerprint density at radius 3 is 2.75 bits per heavy atom. The van der Waals surface area contributed by atoms with Crippen molar-refractivity contribution in [1.82, 2.24) is 14.9 Å². The topological polar surface area (TPSA) is 59.6 Å². The number of hydrogen-bond donors (Lipinski definition) is 1. The number of pyridine rings is 1. The predicted molar refractivity (Wildman–Crippen MR) is 117 cm³/mol. The van der Waals surface area contributed by atoms with Crippen LogP contribution in [-0.2, 0) is 11.3 Å². The number of rotatable bonds is 4. The van der Waals surface area contributed by atoms with Crippen LogP contribution in [0.2, 0.25) is 0 Å². The first-order valence-electron chi connectivity index (χ1n) is 10.3. The average Bonchev–Trinajstić information content (AvgIpc) is 3.49. The third kappa shape index (κ3) is 3.62. The fraction of sp³-hybridized carbons (Fsp3) is 0.261. The van der Waals surface area contributed by atoms with E-state index in [0.717, 1.165) is 65.4 Å². The second-order valence-electron chi connectivity index (χ2n) is 7.81. The summed E-state index contributed by atoms with van der Waals surface area (Å²) in [5, 5.41) is 0.913. The summed E-state index contributed by atoms with van der Waals surface area (Å²) in [5.41, 5.74) is 3.36. The van der Waals surface area contributed by atoms with E-state index < -0.39 is 6.29 Å². The summed E-state index contributed by atoms with van der Waals surface area (Å²) in [7, 11) is 0. The number of aromatic nitrogens is 2. The summed E-state index contributed by atoms with van der Waals surface area (Å²) in [6.45, 7) is 4.39. The van der Waals surface area contributed by atoms with Gasteiger partial charge in [-0.05, 0) is 35.9 Å². The van der Waals surface area contributed by atoms with Gasteiger partial charge >= 0.3 is 6.29 Å². The molecular formula is C23H19F2N3O3S. The van der Waals surface area contributed by atoms with Crippen LogP contribution in [0.15, 0.2) is 48.8 Å². The van der Waals surface area contributed by atoms with Crippen molar-refractivity contribution in [3.05, 3.63) is 53.7 Å². The maximum atomic E-state index is 13.4. The van der Waals surface area contributed by atoms with Crippen molar-refractivity contribution in [3.8, 4) is 33.1 Å². The molecule has 0 atom stereocenters. The van der Waals surface area contributed by atoms with Gasteiger partial charge in [0.15, 0.2) is 11.5 Å². The number of thiophene rings is 1. The zero-order chi connectivity index (χ0) is 21.7. The standard InChI is InChI=1S/C23H19F2N3O3S/c24-23(25)30-19-3-1-14(10-20(19)31-23)18-12-27-22-17(18)9-15(11-26-22)21-4-2-16(32-21)13-28-5-7-29-8-6-28/h1-4,9-12H,5-8,13H2,(H,26,27). The molecule has 0 saturated carbocycles. The van der Waals surface area contributed by atoms with Crippen molar-refractivity contribution >= 4 is 22.4 Å². The molecular weight excluding hydrogens is 436 g/mol. The Kier molecular flexibility index (Phi) is 4.63. The molecule has 164 valence electrons. The molecule has 5 heterocycles. The van der Waals surface area contributed by atoms with Gasteiger partial charge in [0.2, 0.25) is 0 Å². The Balaban J connectivity index is 1.31. The van der Waals surface area contributed by atoms with E-state index in [-0.39, 0.29) is 11.5 Å². The largest absolute Gasteiger partial charge is 0.586 e. The van der Waals surface area contributed by atoms with Gasteiger partial charge in [0.25, 0.3) is 0 Å². The Bertz CT molecular complexity index is 1300. The lowest BCUT2D eigenvalue weighted by molar-refractivity contribution is -0.286. The van der Waals surface area contributed by atoms with Gasteiger partial charge in [0.1, 0.15) is 5.65 Å². The van der Waals surface area contributed by atoms with Crippen LogP contribution in [0, 0.1) is 0 Å². The van der Waals surface area contributed by atoms with Crippen molar-refractivity contribution in [2.45, 2.75) is 12.8 Å². The number of alkyl halides is 2. The minimum Gasteiger partial charge on any atom is -0.395 e. The van der Waals surface area contributed by atoms with Gasteiger partial charge in [-0.2, -0.15) is 0 Å². The van der Waals surface area contributed by atoms with Crippen molar-refractivity contribution in [3.63, 3.8) is 0 Å². The van der Waals surface area contributed by atoms with Crippen LogP contribution in [0.4, 0.5) is 8.78 Å². The van der Waals surface area contributed by atoms with E-state index in [4.69, 9.17) is 4.74 Å². The maximum absolute atomic E-state index is 13.4. The lowest BCUT2D eigenvalue weighted by atomic mass is 10.0. The third-order valence-corrected chi connectivity index (χ3v) is 6.79. The number of benzene rings is 1. The molecule has 0 bridgehead atoms. The summed E-state index contributed by atoms with van der Waals surface area (Å²) in [4.78, 5) is 12.6. The highest BCUT2D eigenvalue weighted by molar-refractivity contribution is 7.15. The van der Waals surface area contributed by atoms with Crippen molar-refractivity contribution in [1.29, 1.82) is 0 Å². The van der Waals surface area contributed by atoms with Gasteiger partial charge < -0.3 is 19.2 Å².